The lowest BCUT2D eigenvalue weighted by Gasteiger charge is -2.19. The molecule has 2 nitrogen and oxygen atoms in total. The van der Waals surface area contributed by atoms with Crippen molar-refractivity contribution in [3.05, 3.63) is 12.2 Å². The van der Waals surface area contributed by atoms with Crippen LogP contribution >= 0.6 is 0 Å². The number of esters is 1. The summed E-state index contributed by atoms with van der Waals surface area (Å²) >= 11 is 0. The molecule has 0 aliphatic rings. The van der Waals surface area contributed by atoms with Gasteiger partial charge < -0.3 is 4.74 Å². The Morgan fingerprint density at radius 3 is 1.92 bits per heavy atom. The van der Waals surface area contributed by atoms with Crippen molar-refractivity contribution in [1.29, 1.82) is 0 Å². The number of rotatable bonds is 18. The predicted octanol–water partition coefficient (Wildman–Crippen LogP) is 7.86. The summed E-state index contributed by atoms with van der Waals surface area (Å²) in [6, 6.07) is 0. The molecular formula is C24H46O2. The van der Waals surface area contributed by atoms with Gasteiger partial charge in [0.15, 0.2) is 0 Å². The first kappa shape index (κ1) is 25.2. The second kappa shape index (κ2) is 19.0. The van der Waals surface area contributed by atoms with Gasteiger partial charge in [0.2, 0.25) is 0 Å². The largest absolute Gasteiger partial charge is 0.466 e. The maximum atomic E-state index is 12.1. The Morgan fingerprint density at radius 1 is 0.808 bits per heavy atom. The van der Waals surface area contributed by atoms with E-state index < -0.39 is 0 Å². The lowest BCUT2D eigenvalue weighted by atomic mass is 9.88. The van der Waals surface area contributed by atoms with Crippen LogP contribution in [0.5, 0.6) is 0 Å². The second-order valence-corrected chi connectivity index (χ2v) is 7.75. The Kier molecular flexibility index (Phi) is 18.4. The molecule has 0 radical (unpaired) electrons. The molecule has 0 heterocycles. The minimum Gasteiger partial charge on any atom is -0.466 e. The van der Waals surface area contributed by atoms with Crippen LogP contribution in [0.2, 0.25) is 0 Å². The third kappa shape index (κ3) is 14.4. The van der Waals surface area contributed by atoms with Gasteiger partial charge in [-0.2, -0.15) is 0 Å². The van der Waals surface area contributed by atoms with E-state index in [2.05, 4.69) is 26.0 Å². The van der Waals surface area contributed by atoms with Crippen molar-refractivity contribution < 1.29 is 9.53 Å². The highest BCUT2D eigenvalue weighted by Crippen LogP contribution is 2.23. The Morgan fingerprint density at radius 2 is 1.35 bits per heavy atom. The molecule has 0 aliphatic heterocycles. The minimum atomic E-state index is -0.0345. The average Bonchev–Trinajstić information content (AvgIpc) is 2.64. The molecule has 2 unspecified atom stereocenters. The fourth-order valence-electron chi connectivity index (χ4n) is 3.44. The van der Waals surface area contributed by atoms with Crippen molar-refractivity contribution in [2.45, 2.75) is 118 Å². The van der Waals surface area contributed by atoms with Gasteiger partial charge >= 0.3 is 5.97 Å². The van der Waals surface area contributed by atoms with Crippen LogP contribution < -0.4 is 0 Å². The first-order chi connectivity index (χ1) is 12.7. The van der Waals surface area contributed by atoms with Gasteiger partial charge in [-0.3, -0.25) is 4.79 Å². The SMILES string of the molecule is CCCCCCCC/C=C/C(CCCCCCCC)C(C)C(=O)OCC. The molecular weight excluding hydrogens is 320 g/mol. The van der Waals surface area contributed by atoms with Crippen molar-refractivity contribution in [1.82, 2.24) is 0 Å². The molecule has 26 heavy (non-hydrogen) atoms. The van der Waals surface area contributed by atoms with E-state index in [0.717, 1.165) is 12.8 Å². The van der Waals surface area contributed by atoms with Crippen LogP contribution in [0.15, 0.2) is 12.2 Å². The zero-order valence-corrected chi connectivity index (χ0v) is 18.2. The summed E-state index contributed by atoms with van der Waals surface area (Å²) in [5, 5.41) is 0. The molecule has 154 valence electrons. The highest BCUT2D eigenvalue weighted by Gasteiger charge is 2.22. The standard InChI is InChI=1S/C24H46O2/c1-5-8-10-12-14-15-17-19-21-23(22(4)24(25)26-7-3)20-18-16-13-11-9-6-2/h19,21-23H,5-18,20H2,1-4H3/b21-19+. The molecule has 2 atom stereocenters. The van der Waals surface area contributed by atoms with Gasteiger partial charge in [-0.05, 0) is 32.1 Å². The summed E-state index contributed by atoms with van der Waals surface area (Å²) in [7, 11) is 0. The Labute approximate surface area is 164 Å². The van der Waals surface area contributed by atoms with Gasteiger partial charge in [0.25, 0.3) is 0 Å². The molecule has 0 aromatic heterocycles. The van der Waals surface area contributed by atoms with Crippen molar-refractivity contribution in [2.75, 3.05) is 6.61 Å². The number of hydrogen-bond acceptors (Lipinski definition) is 2. The zero-order chi connectivity index (χ0) is 19.5. The lowest BCUT2D eigenvalue weighted by molar-refractivity contribution is -0.148. The number of allylic oxidation sites excluding steroid dienone is 2. The van der Waals surface area contributed by atoms with Crippen molar-refractivity contribution in [3.63, 3.8) is 0 Å². The van der Waals surface area contributed by atoms with Gasteiger partial charge in [-0.1, -0.05) is 104 Å². The number of hydrogen-bond donors (Lipinski definition) is 0. The van der Waals surface area contributed by atoms with Crippen LogP contribution in [0.25, 0.3) is 0 Å². The third-order valence-corrected chi connectivity index (χ3v) is 5.30. The maximum Gasteiger partial charge on any atom is 0.309 e. The quantitative estimate of drug-likeness (QED) is 0.140. The zero-order valence-electron chi connectivity index (χ0n) is 18.2. The van der Waals surface area contributed by atoms with Gasteiger partial charge in [0.05, 0.1) is 12.5 Å². The van der Waals surface area contributed by atoms with E-state index in [1.54, 1.807) is 0 Å². The number of carbonyl (C=O) groups excluding carboxylic acids is 1. The molecule has 0 saturated carbocycles. The summed E-state index contributed by atoms with van der Waals surface area (Å²) < 4.78 is 5.25. The van der Waals surface area contributed by atoms with Gasteiger partial charge in [-0.25, -0.2) is 0 Å². The van der Waals surface area contributed by atoms with Crippen LogP contribution in [0.4, 0.5) is 0 Å². The number of carbonyl (C=O) groups is 1. The van der Waals surface area contributed by atoms with E-state index in [9.17, 15) is 4.79 Å². The number of unbranched alkanes of at least 4 members (excludes halogenated alkanes) is 11. The van der Waals surface area contributed by atoms with Crippen LogP contribution in [0.3, 0.4) is 0 Å². The fourth-order valence-corrected chi connectivity index (χ4v) is 3.44. The molecule has 0 N–H and O–H groups in total. The monoisotopic (exact) mass is 366 g/mol. The summed E-state index contributed by atoms with van der Waals surface area (Å²) in [5.74, 6) is 0.277. The summed E-state index contributed by atoms with van der Waals surface area (Å²) in [4.78, 5) is 12.1. The Balaban J connectivity index is 4.21. The van der Waals surface area contributed by atoms with E-state index in [4.69, 9.17) is 4.74 Å². The first-order valence-electron chi connectivity index (χ1n) is 11.5. The minimum absolute atomic E-state index is 0.0219. The van der Waals surface area contributed by atoms with Crippen LogP contribution in [0.1, 0.15) is 118 Å². The molecule has 0 aromatic carbocycles. The Bertz CT molecular complexity index is 335. The molecule has 0 bridgehead atoms. The molecule has 0 spiro atoms. The van der Waals surface area contributed by atoms with Crippen LogP contribution in [-0.4, -0.2) is 12.6 Å². The normalized spacial score (nSPS) is 13.8. The van der Waals surface area contributed by atoms with E-state index in [-0.39, 0.29) is 11.9 Å². The van der Waals surface area contributed by atoms with Crippen molar-refractivity contribution in [3.8, 4) is 0 Å². The molecule has 0 aliphatic carbocycles. The van der Waals surface area contributed by atoms with Crippen molar-refractivity contribution in [2.24, 2.45) is 11.8 Å². The Hall–Kier alpha value is -0.790. The molecule has 0 rings (SSSR count). The highest BCUT2D eigenvalue weighted by atomic mass is 16.5. The topological polar surface area (TPSA) is 26.3 Å². The summed E-state index contributed by atoms with van der Waals surface area (Å²) in [6.45, 7) is 8.92. The summed E-state index contributed by atoms with van der Waals surface area (Å²) in [5.41, 5.74) is 0. The highest BCUT2D eigenvalue weighted by molar-refractivity contribution is 5.72. The summed E-state index contributed by atoms with van der Waals surface area (Å²) in [6.07, 6.45) is 22.7. The number of ether oxygens (including phenoxy) is 1. The third-order valence-electron chi connectivity index (χ3n) is 5.30. The van der Waals surface area contributed by atoms with E-state index in [0.29, 0.717) is 12.5 Å². The fraction of sp³-hybridized carbons (Fsp3) is 0.875. The van der Waals surface area contributed by atoms with E-state index in [1.807, 2.05) is 13.8 Å². The van der Waals surface area contributed by atoms with Crippen LogP contribution in [-0.2, 0) is 9.53 Å². The molecule has 2 heteroatoms. The van der Waals surface area contributed by atoms with Gasteiger partial charge in [-0.15, -0.1) is 0 Å². The average molecular weight is 367 g/mol. The molecule has 0 fully saturated rings. The predicted molar refractivity (Wildman–Crippen MR) is 114 cm³/mol. The first-order valence-corrected chi connectivity index (χ1v) is 11.5. The molecule has 0 saturated heterocycles. The molecule has 0 aromatic rings. The lowest BCUT2D eigenvalue weighted by Crippen LogP contribution is -2.22. The maximum absolute atomic E-state index is 12.1. The molecule has 0 amide bonds. The smallest absolute Gasteiger partial charge is 0.309 e. The van der Waals surface area contributed by atoms with E-state index in [1.165, 1.54) is 77.0 Å². The van der Waals surface area contributed by atoms with Crippen molar-refractivity contribution >= 4 is 5.97 Å². The van der Waals surface area contributed by atoms with Crippen LogP contribution in [0, 0.1) is 11.8 Å². The van der Waals surface area contributed by atoms with Gasteiger partial charge in [0.1, 0.15) is 0 Å². The second-order valence-electron chi connectivity index (χ2n) is 7.75. The van der Waals surface area contributed by atoms with E-state index >= 15 is 0 Å². The van der Waals surface area contributed by atoms with Gasteiger partial charge in [0, 0.05) is 0 Å².